The maximum absolute atomic E-state index is 5.65. The van der Waals surface area contributed by atoms with Crippen molar-refractivity contribution in [3.63, 3.8) is 0 Å². The van der Waals surface area contributed by atoms with Crippen molar-refractivity contribution in [3.8, 4) is 23.0 Å². The van der Waals surface area contributed by atoms with Crippen LogP contribution in [0.1, 0.15) is 75.6 Å². The van der Waals surface area contributed by atoms with Crippen molar-refractivity contribution in [2.24, 2.45) is 0 Å². The minimum atomic E-state index is 0. The van der Waals surface area contributed by atoms with E-state index in [0.29, 0.717) is 11.8 Å². The van der Waals surface area contributed by atoms with E-state index in [-0.39, 0.29) is 32.7 Å². The van der Waals surface area contributed by atoms with Gasteiger partial charge >= 0.3 is 0 Å². The first kappa shape index (κ1) is 32.3. The number of hydrogen-bond acceptors (Lipinski definition) is 3. The van der Waals surface area contributed by atoms with Crippen LogP contribution in [0.25, 0.3) is 22.4 Å². The molecule has 0 bridgehead atoms. The first-order chi connectivity index (χ1) is 20.0. The molecule has 6 rings (SSSR count). The van der Waals surface area contributed by atoms with E-state index >= 15 is 0 Å². The molecule has 1 unspecified atom stereocenters. The van der Waals surface area contributed by atoms with Crippen molar-refractivity contribution in [1.82, 2.24) is 14.8 Å². The molecule has 1 aliphatic carbocycles. The summed E-state index contributed by atoms with van der Waals surface area (Å²) in [5.74, 6) is 2.70. The molecule has 2 aromatic carbocycles. The van der Waals surface area contributed by atoms with Crippen LogP contribution in [-0.4, -0.2) is 35.0 Å². The zero-order chi connectivity index (χ0) is 29.1. The molecule has 2 aliphatic rings. The van der Waals surface area contributed by atoms with Crippen molar-refractivity contribution in [2.45, 2.75) is 71.6 Å². The number of methoxy groups -OCH3 is 1. The third kappa shape index (κ3) is 6.20. The van der Waals surface area contributed by atoms with Gasteiger partial charge in [0.15, 0.2) is 5.82 Å². The van der Waals surface area contributed by atoms with Gasteiger partial charge in [0.05, 0.1) is 19.0 Å². The monoisotopic (exact) mass is 636 g/mol. The average molecular weight is 637 g/mol. The molecule has 0 saturated carbocycles. The van der Waals surface area contributed by atoms with E-state index in [0.717, 1.165) is 54.4 Å². The molecular weight excluding hydrogens is 593 g/mol. The molecular formula is C36H43N4OY-. The van der Waals surface area contributed by atoms with Gasteiger partial charge in [0.2, 0.25) is 5.88 Å². The zero-order valence-corrected chi connectivity index (χ0v) is 28.8. The van der Waals surface area contributed by atoms with Crippen LogP contribution in [0.4, 0.5) is 0 Å². The Labute approximate surface area is 277 Å². The van der Waals surface area contributed by atoms with E-state index in [1.807, 2.05) is 17.8 Å². The van der Waals surface area contributed by atoms with Crippen LogP contribution in [0.3, 0.4) is 0 Å². The molecule has 42 heavy (non-hydrogen) atoms. The van der Waals surface area contributed by atoms with Crippen LogP contribution < -0.4 is 4.74 Å². The Bertz CT molecular complexity index is 1540. The van der Waals surface area contributed by atoms with E-state index in [1.165, 1.54) is 52.6 Å². The first-order valence-electron chi connectivity index (χ1n) is 14.9. The molecule has 0 amide bonds. The van der Waals surface area contributed by atoms with Crippen LogP contribution in [0.2, 0.25) is 0 Å². The van der Waals surface area contributed by atoms with Crippen LogP contribution in [0.5, 0.6) is 5.88 Å². The topological polar surface area (TPSA) is 54.0 Å². The standard InChI is InChI=1S/C34H39N4O.C2H4.Y/c1-21-9-14-31(37-33(21)38-34(39-5)22(2)20-36-38)30-8-6-7-26-10-11-28(32(26)30)19-27-12-13-29(24(4)23(27)3)25-15-17-35-18-16-25;1-2;/h6-9,12-14,20,25,28H,10-11,15-19H2,1-5H3;1-2H2;/q-1;;. The number of aromatic nitrogens is 3. The van der Waals surface area contributed by atoms with Crippen LogP contribution in [0.15, 0.2) is 61.8 Å². The Morgan fingerprint density at radius 1 is 0.929 bits per heavy atom. The molecule has 3 heterocycles. The molecule has 4 aromatic rings. The smallest absolute Gasteiger partial charge is 0.220 e. The van der Waals surface area contributed by atoms with E-state index < -0.39 is 0 Å². The summed E-state index contributed by atoms with van der Waals surface area (Å²) in [4.78, 5) is 5.16. The molecule has 1 saturated heterocycles. The van der Waals surface area contributed by atoms with E-state index in [9.17, 15) is 0 Å². The maximum Gasteiger partial charge on any atom is 0.220 e. The summed E-state index contributed by atoms with van der Waals surface area (Å²) in [5.41, 5.74) is 13.2. The third-order valence-corrected chi connectivity index (χ3v) is 9.12. The van der Waals surface area contributed by atoms with Gasteiger partial charge in [-0.15, -0.1) is 26.2 Å². The number of fused-ring (bicyclic) bond motifs is 1. The van der Waals surface area contributed by atoms with Gasteiger partial charge in [-0.25, -0.2) is 4.98 Å². The minimum Gasteiger partial charge on any atom is -0.662 e. The molecule has 2 aromatic heterocycles. The Balaban J connectivity index is 0.00000132. The molecule has 0 spiro atoms. The van der Waals surface area contributed by atoms with Gasteiger partial charge in [0.25, 0.3) is 0 Å². The Kier molecular flexibility index (Phi) is 11.0. The SMILES string of the molecule is C=C.COc1c(C)cnn1-c1nc(-c2cccc3c2C(Cc2ccc(C4CC[N-]CC4)c(C)c2C)CC3)ccc1C.[Y]. The van der Waals surface area contributed by atoms with Gasteiger partial charge in [-0.3, -0.25) is 0 Å². The quantitative estimate of drug-likeness (QED) is 0.200. The van der Waals surface area contributed by atoms with Gasteiger partial charge in [-0.2, -0.15) is 9.78 Å². The van der Waals surface area contributed by atoms with Gasteiger partial charge in [-0.05, 0) is 104 Å². The molecule has 1 atom stereocenters. The molecule has 5 nitrogen and oxygen atoms in total. The van der Waals surface area contributed by atoms with E-state index in [4.69, 9.17) is 9.72 Å². The molecule has 217 valence electrons. The van der Waals surface area contributed by atoms with E-state index in [1.54, 1.807) is 12.7 Å². The summed E-state index contributed by atoms with van der Waals surface area (Å²) in [6, 6.07) is 15.9. The predicted octanol–water partition coefficient (Wildman–Crippen LogP) is 8.50. The largest absolute Gasteiger partial charge is 0.662 e. The second-order valence-corrected chi connectivity index (χ2v) is 11.4. The number of rotatable bonds is 6. The number of benzene rings is 2. The number of nitrogens with zero attached hydrogens (tertiary/aromatic N) is 4. The molecule has 6 heteroatoms. The number of ether oxygens (including phenoxy) is 1. The first-order valence-corrected chi connectivity index (χ1v) is 14.9. The summed E-state index contributed by atoms with van der Waals surface area (Å²) in [6.07, 6.45) is 7.59. The predicted molar refractivity (Wildman–Crippen MR) is 170 cm³/mol. The fourth-order valence-corrected chi connectivity index (χ4v) is 6.80. The second-order valence-electron chi connectivity index (χ2n) is 11.4. The van der Waals surface area contributed by atoms with Gasteiger partial charge < -0.3 is 10.1 Å². The fourth-order valence-electron chi connectivity index (χ4n) is 6.80. The van der Waals surface area contributed by atoms with Gasteiger partial charge in [0, 0.05) is 43.8 Å². The summed E-state index contributed by atoms with van der Waals surface area (Å²) in [6.45, 7) is 16.8. The summed E-state index contributed by atoms with van der Waals surface area (Å²) >= 11 is 0. The minimum absolute atomic E-state index is 0. The van der Waals surface area contributed by atoms with Crippen molar-refractivity contribution < 1.29 is 37.4 Å². The third-order valence-electron chi connectivity index (χ3n) is 9.12. The number of hydrogen-bond donors (Lipinski definition) is 0. The molecule has 0 N–H and O–H groups in total. The second kappa shape index (κ2) is 14.3. The van der Waals surface area contributed by atoms with Gasteiger partial charge in [-0.1, -0.05) is 49.2 Å². The number of piperidine rings is 1. The zero-order valence-electron chi connectivity index (χ0n) is 25.9. The summed E-state index contributed by atoms with van der Waals surface area (Å²) < 4.78 is 7.47. The van der Waals surface area contributed by atoms with Crippen LogP contribution >= 0.6 is 0 Å². The summed E-state index contributed by atoms with van der Waals surface area (Å²) in [7, 11) is 1.69. The van der Waals surface area contributed by atoms with Crippen molar-refractivity contribution in [1.29, 1.82) is 0 Å². The number of aryl methyl sites for hydroxylation is 3. The Morgan fingerprint density at radius 3 is 2.43 bits per heavy atom. The average Bonchev–Trinajstić information content (AvgIpc) is 3.60. The van der Waals surface area contributed by atoms with Crippen molar-refractivity contribution in [3.05, 3.63) is 112 Å². The van der Waals surface area contributed by atoms with Crippen LogP contribution in [0, 0.1) is 27.7 Å². The fraction of sp³-hybridized carbons (Fsp3) is 0.389. The number of pyridine rings is 1. The van der Waals surface area contributed by atoms with E-state index in [2.05, 4.69) is 86.8 Å². The van der Waals surface area contributed by atoms with Gasteiger partial charge in [0.1, 0.15) is 0 Å². The van der Waals surface area contributed by atoms with Crippen LogP contribution in [-0.2, 0) is 45.6 Å². The molecule has 1 aliphatic heterocycles. The molecule has 1 fully saturated rings. The normalized spacial score (nSPS) is 16.3. The summed E-state index contributed by atoms with van der Waals surface area (Å²) in [5, 5.41) is 9.14. The van der Waals surface area contributed by atoms with Crippen molar-refractivity contribution in [2.75, 3.05) is 20.2 Å². The maximum atomic E-state index is 5.65. The molecule has 1 radical (unpaired) electrons. The van der Waals surface area contributed by atoms with Crippen molar-refractivity contribution >= 4 is 0 Å². The Hall–Kier alpha value is -2.60. The Morgan fingerprint density at radius 2 is 1.69 bits per heavy atom.